The third-order valence-corrected chi connectivity index (χ3v) is 2.39. The van der Waals surface area contributed by atoms with E-state index in [2.05, 4.69) is 4.98 Å². The summed E-state index contributed by atoms with van der Waals surface area (Å²) in [6.45, 7) is 6.31. The van der Waals surface area contributed by atoms with E-state index >= 15 is 0 Å². The normalized spacial score (nSPS) is 10.4. The number of rotatable bonds is 6. The van der Waals surface area contributed by atoms with E-state index in [1.807, 2.05) is 6.92 Å². The fraction of sp³-hybridized carbons (Fsp3) is 0.583. The van der Waals surface area contributed by atoms with Gasteiger partial charge < -0.3 is 14.0 Å². The minimum Gasteiger partial charge on any atom is -0.465 e. The van der Waals surface area contributed by atoms with Crippen molar-refractivity contribution in [2.45, 2.75) is 33.2 Å². The van der Waals surface area contributed by atoms with Gasteiger partial charge in [-0.3, -0.25) is 9.59 Å². The largest absolute Gasteiger partial charge is 0.465 e. The molecule has 6 heteroatoms. The van der Waals surface area contributed by atoms with Crippen molar-refractivity contribution in [3.63, 3.8) is 0 Å². The molecule has 1 heterocycles. The van der Waals surface area contributed by atoms with Crippen LogP contribution in [0.3, 0.4) is 0 Å². The smallest absolute Gasteiger partial charge is 0.328 e. The molecule has 0 bridgehead atoms. The molecule has 0 saturated heterocycles. The van der Waals surface area contributed by atoms with Crippen LogP contribution in [0.25, 0.3) is 0 Å². The van der Waals surface area contributed by atoms with Gasteiger partial charge in [0.05, 0.1) is 13.2 Å². The third-order valence-electron chi connectivity index (χ3n) is 2.39. The summed E-state index contributed by atoms with van der Waals surface area (Å²) in [5.74, 6) is -2.01. The van der Waals surface area contributed by atoms with Crippen LogP contribution in [-0.2, 0) is 25.6 Å². The molecule has 0 atom stereocenters. The van der Waals surface area contributed by atoms with E-state index in [0.717, 1.165) is 0 Å². The molecule has 0 unspecified atom stereocenters. The zero-order valence-corrected chi connectivity index (χ0v) is 10.9. The highest BCUT2D eigenvalue weighted by Crippen LogP contribution is 2.18. The monoisotopic (exact) mass is 254 g/mol. The van der Waals surface area contributed by atoms with Gasteiger partial charge in [-0.05, 0) is 20.8 Å². The Kier molecular flexibility index (Phi) is 5.35. The Balaban J connectivity index is 3.04. The Morgan fingerprint density at radius 2 is 1.78 bits per heavy atom. The Morgan fingerprint density at radius 1 is 1.22 bits per heavy atom. The van der Waals surface area contributed by atoms with Gasteiger partial charge in [0, 0.05) is 18.9 Å². The lowest BCUT2D eigenvalue weighted by Crippen LogP contribution is -2.28. The van der Waals surface area contributed by atoms with E-state index in [9.17, 15) is 9.59 Å². The standard InChI is InChI=1S/C12H18N2O4/c1-4-14-8-7-13-10(14)9(11(15)17-5-2)12(16)18-6-3/h7-9H,4-6H2,1-3H3. The van der Waals surface area contributed by atoms with Gasteiger partial charge in [0.15, 0.2) is 0 Å². The molecule has 0 saturated carbocycles. The van der Waals surface area contributed by atoms with Crippen molar-refractivity contribution in [3.8, 4) is 0 Å². The summed E-state index contributed by atoms with van der Waals surface area (Å²) in [6.07, 6.45) is 3.26. The van der Waals surface area contributed by atoms with Gasteiger partial charge in [0.1, 0.15) is 5.82 Å². The van der Waals surface area contributed by atoms with Crippen molar-refractivity contribution < 1.29 is 19.1 Å². The first-order valence-electron chi connectivity index (χ1n) is 5.99. The van der Waals surface area contributed by atoms with E-state index < -0.39 is 17.9 Å². The van der Waals surface area contributed by atoms with Crippen LogP contribution in [0.1, 0.15) is 32.5 Å². The zero-order valence-electron chi connectivity index (χ0n) is 10.9. The van der Waals surface area contributed by atoms with Crippen LogP contribution in [-0.4, -0.2) is 34.7 Å². The van der Waals surface area contributed by atoms with Crippen LogP contribution in [0, 0.1) is 0 Å². The number of hydrogen-bond acceptors (Lipinski definition) is 5. The molecule has 0 N–H and O–H groups in total. The minimum atomic E-state index is -1.11. The van der Waals surface area contributed by atoms with Crippen LogP contribution in [0.15, 0.2) is 12.4 Å². The fourth-order valence-electron chi connectivity index (χ4n) is 1.61. The molecule has 0 aliphatic heterocycles. The molecule has 1 rings (SSSR count). The summed E-state index contributed by atoms with van der Waals surface area (Å²) in [7, 11) is 0. The van der Waals surface area contributed by atoms with E-state index in [1.54, 1.807) is 30.8 Å². The van der Waals surface area contributed by atoms with Crippen molar-refractivity contribution >= 4 is 11.9 Å². The number of hydrogen-bond donors (Lipinski definition) is 0. The number of esters is 2. The highest BCUT2D eigenvalue weighted by atomic mass is 16.6. The lowest BCUT2D eigenvalue weighted by atomic mass is 10.1. The van der Waals surface area contributed by atoms with Gasteiger partial charge in [-0.1, -0.05) is 0 Å². The van der Waals surface area contributed by atoms with Crippen molar-refractivity contribution in [2.24, 2.45) is 0 Å². The third kappa shape index (κ3) is 3.09. The Morgan fingerprint density at radius 3 is 2.22 bits per heavy atom. The van der Waals surface area contributed by atoms with Gasteiger partial charge in [-0.2, -0.15) is 0 Å². The van der Waals surface area contributed by atoms with E-state index in [4.69, 9.17) is 9.47 Å². The predicted molar refractivity (Wildman–Crippen MR) is 63.9 cm³/mol. The number of carbonyl (C=O) groups excluding carboxylic acids is 2. The fourth-order valence-corrected chi connectivity index (χ4v) is 1.61. The molecule has 1 aromatic heterocycles. The minimum absolute atomic E-state index is 0.210. The first kappa shape index (κ1) is 14.2. The molecule has 0 aliphatic carbocycles. The molecule has 100 valence electrons. The molecule has 18 heavy (non-hydrogen) atoms. The van der Waals surface area contributed by atoms with Crippen molar-refractivity contribution in [1.82, 2.24) is 9.55 Å². The molecule has 6 nitrogen and oxygen atoms in total. The average Bonchev–Trinajstić information content (AvgIpc) is 2.78. The molecule has 0 aromatic carbocycles. The summed E-state index contributed by atoms with van der Waals surface area (Å²) < 4.78 is 11.5. The first-order valence-corrected chi connectivity index (χ1v) is 5.99. The van der Waals surface area contributed by atoms with Gasteiger partial charge in [-0.15, -0.1) is 0 Å². The summed E-state index contributed by atoms with van der Waals surface area (Å²) in [5.41, 5.74) is 0. The van der Waals surface area contributed by atoms with Crippen molar-refractivity contribution in [3.05, 3.63) is 18.2 Å². The number of ether oxygens (including phenoxy) is 2. The maximum absolute atomic E-state index is 11.8. The molecule has 0 radical (unpaired) electrons. The SMILES string of the molecule is CCOC(=O)C(C(=O)OCC)c1nccn1CC. The van der Waals surface area contributed by atoms with Crippen LogP contribution in [0.2, 0.25) is 0 Å². The van der Waals surface area contributed by atoms with Gasteiger partial charge in [0.2, 0.25) is 5.92 Å². The maximum atomic E-state index is 11.8. The second-order valence-electron chi connectivity index (χ2n) is 3.51. The number of aromatic nitrogens is 2. The number of nitrogens with zero attached hydrogens (tertiary/aromatic N) is 2. The lowest BCUT2D eigenvalue weighted by molar-refractivity contribution is -0.157. The second kappa shape index (κ2) is 6.78. The Bertz CT molecular complexity index is 396. The first-order chi connectivity index (χ1) is 8.65. The highest BCUT2D eigenvalue weighted by molar-refractivity contribution is 6.00. The topological polar surface area (TPSA) is 70.4 Å². The summed E-state index contributed by atoms with van der Waals surface area (Å²) in [4.78, 5) is 27.8. The molecule has 1 aromatic rings. The van der Waals surface area contributed by atoms with Crippen LogP contribution < -0.4 is 0 Å². The Labute approximate surface area is 106 Å². The van der Waals surface area contributed by atoms with Crippen LogP contribution >= 0.6 is 0 Å². The molecular formula is C12H18N2O4. The van der Waals surface area contributed by atoms with E-state index in [1.165, 1.54) is 0 Å². The summed E-state index contributed by atoms with van der Waals surface area (Å²) in [5, 5.41) is 0. The quantitative estimate of drug-likeness (QED) is 0.562. The van der Waals surface area contributed by atoms with Gasteiger partial charge in [-0.25, -0.2) is 4.98 Å². The van der Waals surface area contributed by atoms with E-state index in [0.29, 0.717) is 12.4 Å². The predicted octanol–water partition coefficient (Wildman–Crippen LogP) is 1.11. The summed E-state index contributed by atoms with van der Waals surface area (Å²) in [6, 6.07) is 0. The highest BCUT2D eigenvalue weighted by Gasteiger charge is 2.34. The molecule has 0 amide bonds. The van der Waals surface area contributed by atoms with Crippen molar-refractivity contribution in [2.75, 3.05) is 13.2 Å². The lowest BCUT2D eigenvalue weighted by Gasteiger charge is -2.15. The second-order valence-corrected chi connectivity index (χ2v) is 3.51. The number of imidazole rings is 1. The number of carbonyl (C=O) groups is 2. The molecular weight excluding hydrogens is 236 g/mol. The molecule has 0 aliphatic rings. The summed E-state index contributed by atoms with van der Waals surface area (Å²) >= 11 is 0. The van der Waals surface area contributed by atoms with Crippen LogP contribution in [0.4, 0.5) is 0 Å². The van der Waals surface area contributed by atoms with E-state index in [-0.39, 0.29) is 13.2 Å². The average molecular weight is 254 g/mol. The number of aryl methyl sites for hydroxylation is 1. The van der Waals surface area contributed by atoms with Gasteiger partial charge in [0.25, 0.3) is 0 Å². The molecule has 0 spiro atoms. The van der Waals surface area contributed by atoms with Crippen molar-refractivity contribution in [1.29, 1.82) is 0 Å². The zero-order chi connectivity index (χ0) is 13.5. The van der Waals surface area contributed by atoms with Gasteiger partial charge >= 0.3 is 11.9 Å². The maximum Gasteiger partial charge on any atom is 0.328 e. The Hall–Kier alpha value is -1.85. The van der Waals surface area contributed by atoms with Crippen LogP contribution in [0.5, 0.6) is 0 Å². The molecule has 0 fully saturated rings.